The molecule has 1 fully saturated rings. The predicted octanol–water partition coefficient (Wildman–Crippen LogP) is 0.916. The highest BCUT2D eigenvalue weighted by Crippen LogP contribution is 2.31. The van der Waals surface area contributed by atoms with Crippen LogP contribution in [0.25, 0.3) is 0 Å². The zero-order chi connectivity index (χ0) is 9.95. The van der Waals surface area contributed by atoms with Crippen molar-refractivity contribution in [3.8, 4) is 0 Å². The number of hydrogen-bond acceptors (Lipinski definition) is 3. The lowest BCUT2D eigenvalue weighted by Crippen LogP contribution is -2.51. The van der Waals surface area contributed by atoms with Crippen molar-refractivity contribution in [1.29, 1.82) is 0 Å². The highest BCUT2D eigenvalue weighted by Gasteiger charge is 2.38. The summed E-state index contributed by atoms with van der Waals surface area (Å²) < 4.78 is 5.55. The third-order valence-corrected chi connectivity index (χ3v) is 2.52. The molecule has 0 aliphatic carbocycles. The van der Waals surface area contributed by atoms with Crippen molar-refractivity contribution in [2.45, 2.75) is 44.8 Å². The Balaban J connectivity index is 2.47. The van der Waals surface area contributed by atoms with Crippen LogP contribution in [0, 0.1) is 0 Å². The molecule has 3 heteroatoms. The fourth-order valence-electron chi connectivity index (χ4n) is 1.96. The first-order chi connectivity index (χ1) is 5.97. The van der Waals surface area contributed by atoms with Crippen LogP contribution in [-0.2, 0) is 4.74 Å². The van der Waals surface area contributed by atoms with Gasteiger partial charge in [-0.05, 0) is 20.4 Å². The molecule has 3 nitrogen and oxygen atoms in total. The first-order valence-corrected chi connectivity index (χ1v) is 5.04. The van der Waals surface area contributed by atoms with E-state index in [9.17, 15) is 5.11 Å². The normalized spacial score (nSPS) is 33.2. The molecular weight excluding hydrogens is 166 g/mol. The van der Waals surface area contributed by atoms with Crippen molar-refractivity contribution < 1.29 is 9.84 Å². The number of aliphatic hydroxyl groups is 1. The minimum absolute atomic E-state index is 0.178. The summed E-state index contributed by atoms with van der Waals surface area (Å²) in [6.45, 7) is 8.36. The molecular formula is C10H21NO2. The summed E-state index contributed by atoms with van der Waals surface area (Å²) in [4.78, 5) is 0. The van der Waals surface area contributed by atoms with Gasteiger partial charge in [0.15, 0.2) is 0 Å². The first kappa shape index (κ1) is 11.0. The van der Waals surface area contributed by atoms with Gasteiger partial charge in [-0.15, -0.1) is 0 Å². The Labute approximate surface area is 80.5 Å². The second-order valence-corrected chi connectivity index (χ2v) is 4.54. The van der Waals surface area contributed by atoms with Crippen molar-refractivity contribution in [3.05, 3.63) is 0 Å². The van der Waals surface area contributed by atoms with E-state index in [1.54, 1.807) is 0 Å². The molecule has 0 spiro atoms. The van der Waals surface area contributed by atoms with Gasteiger partial charge >= 0.3 is 0 Å². The van der Waals surface area contributed by atoms with Crippen molar-refractivity contribution in [2.75, 3.05) is 19.7 Å². The Morgan fingerprint density at radius 3 is 2.69 bits per heavy atom. The molecule has 1 atom stereocenters. The van der Waals surface area contributed by atoms with Gasteiger partial charge in [-0.3, -0.25) is 0 Å². The number of ether oxygens (including phenoxy) is 1. The van der Waals surface area contributed by atoms with Crippen molar-refractivity contribution in [1.82, 2.24) is 5.32 Å². The Kier molecular flexibility index (Phi) is 3.33. The largest absolute Gasteiger partial charge is 0.388 e. The number of nitrogens with one attached hydrogen (secondary N) is 1. The van der Waals surface area contributed by atoms with Crippen LogP contribution in [0.5, 0.6) is 0 Å². The van der Waals surface area contributed by atoms with Crippen molar-refractivity contribution in [3.63, 3.8) is 0 Å². The van der Waals surface area contributed by atoms with E-state index in [2.05, 4.69) is 5.32 Å². The maximum Gasteiger partial charge on any atom is 0.0820 e. The average molecular weight is 187 g/mol. The molecule has 1 aliphatic heterocycles. The van der Waals surface area contributed by atoms with Crippen molar-refractivity contribution in [2.24, 2.45) is 0 Å². The number of hydrogen-bond donors (Lipinski definition) is 2. The highest BCUT2D eigenvalue weighted by molar-refractivity contribution is 4.91. The lowest BCUT2D eigenvalue weighted by molar-refractivity contribution is -0.142. The minimum Gasteiger partial charge on any atom is -0.388 e. The topological polar surface area (TPSA) is 41.5 Å². The summed E-state index contributed by atoms with van der Waals surface area (Å²) in [5.74, 6) is 0. The zero-order valence-corrected chi connectivity index (χ0v) is 8.89. The molecule has 1 unspecified atom stereocenters. The molecule has 1 saturated heterocycles. The van der Waals surface area contributed by atoms with Gasteiger partial charge < -0.3 is 15.2 Å². The van der Waals surface area contributed by atoms with Crippen LogP contribution in [0.3, 0.4) is 0 Å². The van der Waals surface area contributed by atoms with E-state index in [1.165, 1.54) is 0 Å². The van der Waals surface area contributed by atoms with Gasteiger partial charge in [-0.1, -0.05) is 6.92 Å². The van der Waals surface area contributed by atoms with Crippen LogP contribution in [0.1, 0.15) is 33.6 Å². The SMILES string of the molecule is CCNCC1(O)CCOC(C)(C)C1. The lowest BCUT2D eigenvalue weighted by Gasteiger charge is -2.41. The van der Waals surface area contributed by atoms with Crippen LogP contribution < -0.4 is 5.32 Å². The van der Waals surface area contributed by atoms with E-state index >= 15 is 0 Å². The third-order valence-electron chi connectivity index (χ3n) is 2.52. The number of likely N-dealkylation sites (N-methyl/N-ethyl adjacent to an activating group) is 1. The fraction of sp³-hybridized carbons (Fsp3) is 1.00. The van der Waals surface area contributed by atoms with E-state index in [0.29, 0.717) is 19.6 Å². The predicted molar refractivity (Wildman–Crippen MR) is 52.8 cm³/mol. The molecule has 1 aliphatic rings. The van der Waals surface area contributed by atoms with Gasteiger partial charge in [0.2, 0.25) is 0 Å². The van der Waals surface area contributed by atoms with E-state index in [4.69, 9.17) is 4.74 Å². The van der Waals surface area contributed by atoms with Gasteiger partial charge in [0.25, 0.3) is 0 Å². The maximum absolute atomic E-state index is 10.2. The van der Waals surface area contributed by atoms with E-state index in [-0.39, 0.29) is 5.60 Å². The molecule has 0 radical (unpaired) electrons. The summed E-state index contributed by atoms with van der Waals surface area (Å²) in [6.07, 6.45) is 1.45. The Morgan fingerprint density at radius 1 is 1.46 bits per heavy atom. The second-order valence-electron chi connectivity index (χ2n) is 4.54. The quantitative estimate of drug-likeness (QED) is 0.690. The fourth-order valence-corrected chi connectivity index (χ4v) is 1.96. The van der Waals surface area contributed by atoms with Gasteiger partial charge in [0.1, 0.15) is 0 Å². The molecule has 1 rings (SSSR count). The molecule has 0 aromatic carbocycles. The van der Waals surface area contributed by atoms with Crippen LogP contribution in [0.2, 0.25) is 0 Å². The summed E-state index contributed by atoms with van der Waals surface area (Å²) in [5.41, 5.74) is -0.750. The van der Waals surface area contributed by atoms with Gasteiger partial charge in [0.05, 0.1) is 17.8 Å². The van der Waals surface area contributed by atoms with Crippen LogP contribution in [-0.4, -0.2) is 36.0 Å². The summed E-state index contributed by atoms with van der Waals surface area (Å²) in [7, 11) is 0. The molecule has 1 heterocycles. The van der Waals surface area contributed by atoms with Gasteiger partial charge in [-0.25, -0.2) is 0 Å². The Morgan fingerprint density at radius 2 is 2.15 bits per heavy atom. The van der Waals surface area contributed by atoms with E-state index in [1.807, 2.05) is 20.8 Å². The van der Waals surface area contributed by atoms with Gasteiger partial charge in [0, 0.05) is 19.4 Å². The van der Waals surface area contributed by atoms with Crippen molar-refractivity contribution >= 4 is 0 Å². The molecule has 0 aromatic rings. The molecule has 78 valence electrons. The Bertz CT molecular complexity index is 170. The lowest BCUT2D eigenvalue weighted by atomic mass is 9.84. The summed E-state index contributed by atoms with van der Waals surface area (Å²) in [5, 5.41) is 13.4. The summed E-state index contributed by atoms with van der Waals surface area (Å²) in [6, 6.07) is 0. The average Bonchev–Trinajstić information content (AvgIpc) is 1.98. The number of rotatable bonds is 3. The summed E-state index contributed by atoms with van der Waals surface area (Å²) >= 11 is 0. The third kappa shape index (κ3) is 3.25. The van der Waals surface area contributed by atoms with E-state index < -0.39 is 5.60 Å². The molecule has 0 bridgehead atoms. The molecule has 13 heavy (non-hydrogen) atoms. The van der Waals surface area contributed by atoms with E-state index in [0.717, 1.165) is 13.0 Å². The highest BCUT2D eigenvalue weighted by atomic mass is 16.5. The van der Waals surface area contributed by atoms with Crippen LogP contribution >= 0.6 is 0 Å². The smallest absolute Gasteiger partial charge is 0.0820 e. The molecule has 0 aromatic heterocycles. The minimum atomic E-state index is -0.572. The van der Waals surface area contributed by atoms with Crippen LogP contribution in [0.4, 0.5) is 0 Å². The monoisotopic (exact) mass is 187 g/mol. The second kappa shape index (κ2) is 3.95. The zero-order valence-electron chi connectivity index (χ0n) is 8.89. The van der Waals surface area contributed by atoms with Crippen LogP contribution in [0.15, 0.2) is 0 Å². The van der Waals surface area contributed by atoms with Gasteiger partial charge in [-0.2, -0.15) is 0 Å². The Hall–Kier alpha value is -0.120. The molecule has 2 N–H and O–H groups in total. The maximum atomic E-state index is 10.2. The molecule has 0 amide bonds. The first-order valence-electron chi connectivity index (χ1n) is 5.04. The molecule has 0 saturated carbocycles. The standard InChI is InChI=1S/C10H21NO2/c1-4-11-8-10(12)5-6-13-9(2,3)7-10/h11-12H,4-8H2,1-3H3.